The van der Waals surface area contributed by atoms with Gasteiger partial charge in [-0.15, -0.1) is 0 Å². The van der Waals surface area contributed by atoms with Crippen molar-refractivity contribution in [3.05, 3.63) is 42.0 Å². The van der Waals surface area contributed by atoms with E-state index in [0.29, 0.717) is 13.2 Å². The average molecular weight is 234 g/mol. The second-order valence-corrected chi connectivity index (χ2v) is 3.69. The fourth-order valence-electron chi connectivity index (χ4n) is 1.71. The Labute approximate surface area is 104 Å². The van der Waals surface area contributed by atoms with Crippen molar-refractivity contribution in [3.8, 4) is 0 Å². The molecule has 0 bridgehead atoms. The van der Waals surface area contributed by atoms with Crippen LogP contribution in [0.1, 0.15) is 32.8 Å². The molecule has 0 heterocycles. The molecule has 0 saturated carbocycles. The van der Waals surface area contributed by atoms with Gasteiger partial charge >= 0.3 is 0 Å². The van der Waals surface area contributed by atoms with Crippen LogP contribution in [-0.2, 0) is 9.47 Å². The Hall–Kier alpha value is -1.12. The van der Waals surface area contributed by atoms with Gasteiger partial charge in [0, 0.05) is 13.2 Å². The minimum Gasteiger partial charge on any atom is -0.349 e. The summed E-state index contributed by atoms with van der Waals surface area (Å²) in [4.78, 5) is 0. The molecule has 0 amide bonds. The van der Waals surface area contributed by atoms with E-state index >= 15 is 0 Å². The second-order valence-electron chi connectivity index (χ2n) is 3.69. The number of benzene rings is 1. The zero-order valence-corrected chi connectivity index (χ0v) is 11.0. The predicted octanol–water partition coefficient (Wildman–Crippen LogP) is 3.88. The molecule has 1 aromatic carbocycles. The van der Waals surface area contributed by atoms with Crippen LogP contribution in [0.3, 0.4) is 0 Å². The number of hydrogen-bond donors (Lipinski definition) is 0. The molecule has 0 aliphatic carbocycles. The number of rotatable bonds is 7. The molecule has 94 valence electrons. The summed E-state index contributed by atoms with van der Waals surface area (Å²) in [5, 5.41) is 0. The lowest BCUT2D eigenvalue weighted by atomic mass is 10.0. The summed E-state index contributed by atoms with van der Waals surface area (Å²) in [7, 11) is 0. The van der Waals surface area contributed by atoms with Crippen molar-refractivity contribution < 1.29 is 9.47 Å². The van der Waals surface area contributed by atoms with Crippen molar-refractivity contribution >= 4 is 5.57 Å². The lowest BCUT2D eigenvalue weighted by molar-refractivity contribution is -0.103. The molecule has 1 aromatic rings. The Morgan fingerprint density at radius 2 is 1.65 bits per heavy atom. The number of ether oxygens (including phenoxy) is 2. The van der Waals surface area contributed by atoms with Crippen LogP contribution in [0.2, 0.25) is 0 Å². The van der Waals surface area contributed by atoms with Gasteiger partial charge in [-0.1, -0.05) is 37.3 Å². The SMILES string of the molecule is CCOC(/C=C(/CC)c1ccccc1)OCC. The van der Waals surface area contributed by atoms with E-state index in [9.17, 15) is 0 Å². The first kappa shape index (κ1) is 13.9. The monoisotopic (exact) mass is 234 g/mol. The zero-order chi connectivity index (χ0) is 12.5. The maximum atomic E-state index is 5.54. The smallest absolute Gasteiger partial charge is 0.177 e. The Bertz CT molecular complexity index is 324. The van der Waals surface area contributed by atoms with Crippen molar-refractivity contribution in [2.24, 2.45) is 0 Å². The van der Waals surface area contributed by atoms with E-state index in [1.807, 2.05) is 19.9 Å². The van der Waals surface area contributed by atoms with Gasteiger partial charge < -0.3 is 9.47 Å². The summed E-state index contributed by atoms with van der Waals surface area (Å²) in [6.07, 6.45) is 2.81. The van der Waals surface area contributed by atoms with Crippen LogP contribution in [0, 0.1) is 0 Å². The van der Waals surface area contributed by atoms with Gasteiger partial charge in [-0.25, -0.2) is 0 Å². The minimum atomic E-state index is -0.236. The fourth-order valence-corrected chi connectivity index (χ4v) is 1.71. The summed E-state index contributed by atoms with van der Waals surface area (Å²) >= 11 is 0. The second kappa shape index (κ2) is 8.04. The third-order valence-corrected chi connectivity index (χ3v) is 2.52. The molecule has 0 fully saturated rings. The highest BCUT2D eigenvalue weighted by atomic mass is 16.7. The van der Waals surface area contributed by atoms with E-state index in [4.69, 9.17) is 9.47 Å². The van der Waals surface area contributed by atoms with Gasteiger partial charge in [-0.3, -0.25) is 0 Å². The molecule has 0 spiro atoms. The molecular formula is C15H22O2. The lowest BCUT2D eigenvalue weighted by Gasteiger charge is -2.15. The zero-order valence-electron chi connectivity index (χ0n) is 11.0. The largest absolute Gasteiger partial charge is 0.349 e. The van der Waals surface area contributed by atoms with Crippen molar-refractivity contribution in [2.45, 2.75) is 33.5 Å². The van der Waals surface area contributed by atoms with Crippen molar-refractivity contribution in [3.63, 3.8) is 0 Å². The number of hydrogen-bond acceptors (Lipinski definition) is 2. The molecule has 2 nitrogen and oxygen atoms in total. The van der Waals surface area contributed by atoms with Gasteiger partial charge in [0.05, 0.1) is 0 Å². The third kappa shape index (κ3) is 4.72. The summed E-state index contributed by atoms with van der Waals surface area (Å²) in [5.41, 5.74) is 2.50. The highest BCUT2D eigenvalue weighted by molar-refractivity contribution is 5.65. The quantitative estimate of drug-likeness (QED) is 0.667. The van der Waals surface area contributed by atoms with Crippen LogP contribution < -0.4 is 0 Å². The summed E-state index contributed by atoms with van der Waals surface area (Å²) in [5.74, 6) is 0. The highest BCUT2D eigenvalue weighted by Crippen LogP contribution is 2.19. The minimum absolute atomic E-state index is 0.236. The van der Waals surface area contributed by atoms with Crippen molar-refractivity contribution in [1.82, 2.24) is 0 Å². The van der Waals surface area contributed by atoms with E-state index < -0.39 is 0 Å². The normalized spacial score (nSPS) is 12.1. The van der Waals surface area contributed by atoms with E-state index in [1.165, 1.54) is 11.1 Å². The molecule has 0 N–H and O–H groups in total. The van der Waals surface area contributed by atoms with Crippen LogP contribution in [0.25, 0.3) is 5.57 Å². The molecule has 0 unspecified atom stereocenters. The van der Waals surface area contributed by atoms with Crippen LogP contribution in [0.15, 0.2) is 36.4 Å². The summed E-state index contributed by atoms with van der Waals surface area (Å²) in [6.45, 7) is 7.43. The summed E-state index contributed by atoms with van der Waals surface area (Å²) < 4.78 is 11.1. The maximum Gasteiger partial charge on any atom is 0.177 e. The Kier molecular flexibility index (Phi) is 6.60. The van der Waals surface area contributed by atoms with Crippen LogP contribution in [0.4, 0.5) is 0 Å². The third-order valence-electron chi connectivity index (χ3n) is 2.52. The molecule has 0 aliphatic rings. The van der Waals surface area contributed by atoms with Gasteiger partial charge in [0.2, 0.25) is 0 Å². The van der Waals surface area contributed by atoms with Gasteiger partial charge in [-0.2, -0.15) is 0 Å². The fraction of sp³-hybridized carbons (Fsp3) is 0.467. The maximum absolute atomic E-state index is 5.54. The molecule has 0 atom stereocenters. The van der Waals surface area contributed by atoms with Crippen LogP contribution in [-0.4, -0.2) is 19.5 Å². The topological polar surface area (TPSA) is 18.5 Å². The number of allylic oxidation sites excluding steroid dienone is 1. The Morgan fingerprint density at radius 3 is 2.12 bits per heavy atom. The predicted molar refractivity (Wildman–Crippen MR) is 71.8 cm³/mol. The molecule has 0 radical (unpaired) electrons. The van der Waals surface area contributed by atoms with Crippen molar-refractivity contribution in [1.29, 1.82) is 0 Å². The first-order chi connectivity index (χ1) is 8.31. The average Bonchev–Trinajstić information content (AvgIpc) is 2.37. The van der Waals surface area contributed by atoms with Gasteiger partial charge in [-0.05, 0) is 37.5 Å². The van der Waals surface area contributed by atoms with E-state index in [-0.39, 0.29) is 6.29 Å². The van der Waals surface area contributed by atoms with E-state index in [0.717, 1.165) is 6.42 Å². The molecule has 17 heavy (non-hydrogen) atoms. The van der Waals surface area contributed by atoms with Gasteiger partial charge in [0.25, 0.3) is 0 Å². The molecule has 1 rings (SSSR count). The summed E-state index contributed by atoms with van der Waals surface area (Å²) in [6, 6.07) is 10.4. The van der Waals surface area contributed by atoms with Crippen molar-refractivity contribution in [2.75, 3.05) is 13.2 Å². The van der Waals surface area contributed by atoms with E-state index in [1.54, 1.807) is 0 Å². The Morgan fingerprint density at radius 1 is 1.06 bits per heavy atom. The van der Waals surface area contributed by atoms with E-state index in [2.05, 4.69) is 37.3 Å². The molecule has 0 saturated heterocycles. The Balaban J connectivity index is 2.83. The van der Waals surface area contributed by atoms with Gasteiger partial charge in [0.1, 0.15) is 0 Å². The first-order valence-electron chi connectivity index (χ1n) is 6.31. The van der Waals surface area contributed by atoms with Crippen LogP contribution >= 0.6 is 0 Å². The molecule has 2 heteroatoms. The van der Waals surface area contributed by atoms with Crippen LogP contribution in [0.5, 0.6) is 0 Å². The van der Waals surface area contributed by atoms with Gasteiger partial charge in [0.15, 0.2) is 6.29 Å². The lowest BCUT2D eigenvalue weighted by Crippen LogP contribution is -2.15. The standard InChI is InChI=1S/C15H22O2/c1-4-13(14-10-8-7-9-11-14)12-15(16-5-2)17-6-3/h7-12,15H,4-6H2,1-3H3/b13-12-. The molecule has 0 aromatic heterocycles. The first-order valence-corrected chi connectivity index (χ1v) is 6.31. The molecule has 0 aliphatic heterocycles. The highest BCUT2D eigenvalue weighted by Gasteiger charge is 2.06. The molecular weight excluding hydrogens is 212 g/mol.